The third kappa shape index (κ3) is 2.72. The van der Waals surface area contributed by atoms with Crippen molar-refractivity contribution in [2.45, 2.75) is 31.2 Å². The molecule has 0 radical (unpaired) electrons. The molecule has 1 amide bonds. The molecule has 5 heteroatoms. The van der Waals surface area contributed by atoms with Gasteiger partial charge in [-0.05, 0) is 43.5 Å². The Labute approximate surface area is 117 Å². The summed E-state index contributed by atoms with van der Waals surface area (Å²) in [6.07, 6.45) is 6.98. The first kappa shape index (κ1) is 12.9. The minimum Gasteiger partial charge on any atom is -0.326 e. The summed E-state index contributed by atoms with van der Waals surface area (Å²) in [5.41, 5.74) is 7.49. The van der Waals surface area contributed by atoms with Crippen molar-refractivity contribution in [2.75, 3.05) is 5.32 Å². The SMILES string of the molecule is NC1(CC(=O)Nc2cccc(-n3cccn3)c2)CCC1. The zero-order valence-corrected chi connectivity index (χ0v) is 11.2. The van der Waals surface area contributed by atoms with Gasteiger partial charge in [0.15, 0.2) is 0 Å². The van der Waals surface area contributed by atoms with E-state index in [1.807, 2.05) is 36.5 Å². The van der Waals surface area contributed by atoms with Gasteiger partial charge in [0.25, 0.3) is 0 Å². The molecule has 1 aliphatic rings. The van der Waals surface area contributed by atoms with Crippen molar-refractivity contribution in [1.29, 1.82) is 0 Å². The van der Waals surface area contributed by atoms with Gasteiger partial charge in [0.1, 0.15) is 0 Å². The van der Waals surface area contributed by atoms with E-state index < -0.39 is 0 Å². The van der Waals surface area contributed by atoms with Gasteiger partial charge in [0.05, 0.1) is 5.69 Å². The zero-order chi connectivity index (χ0) is 14.0. The molecule has 0 bridgehead atoms. The van der Waals surface area contributed by atoms with Crippen LogP contribution in [-0.4, -0.2) is 21.2 Å². The van der Waals surface area contributed by atoms with Crippen LogP contribution in [0, 0.1) is 0 Å². The van der Waals surface area contributed by atoms with Gasteiger partial charge in [-0.3, -0.25) is 4.79 Å². The predicted octanol–water partition coefficient (Wildman–Crippen LogP) is 2.08. The summed E-state index contributed by atoms with van der Waals surface area (Å²) in [5, 5.41) is 7.08. The first-order chi connectivity index (χ1) is 9.65. The van der Waals surface area contributed by atoms with E-state index in [9.17, 15) is 4.79 Å². The van der Waals surface area contributed by atoms with Crippen LogP contribution in [0.2, 0.25) is 0 Å². The Kier molecular flexibility index (Phi) is 3.28. The maximum atomic E-state index is 12.0. The molecule has 20 heavy (non-hydrogen) atoms. The predicted molar refractivity (Wildman–Crippen MR) is 77.6 cm³/mol. The summed E-state index contributed by atoms with van der Waals surface area (Å²) in [5.74, 6) is -0.0233. The molecule has 0 spiro atoms. The summed E-state index contributed by atoms with van der Waals surface area (Å²) < 4.78 is 1.76. The van der Waals surface area contributed by atoms with Crippen molar-refractivity contribution in [3.63, 3.8) is 0 Å². The van der Waals surface area contributed by atoms with Crippen LogP contribution in [0.15, 0.2) is 42.7 Å². The van der Waals surface area contributed by atoms with E-state index in [1.165, 1.54) is 0 Å². The summed E-state index contributed by atoms with van der Waals surface area (Å²) in [6, 6.07) is 9.47. The lowest BCUT2D eigenvalue weighted by Gasteiger charge is -2.37. The summed E-state index contributed by atoms with van der Waals surface area (Å²) in [6.45, 7) is 0. The second-order valence-electron chi connectivity index (χ2n) is 5.44. The van der Waals surface area contributed by atoms with Crippen LogP contribution in [0.1, 0.15) is 25.7 Å². The molecule has 1 saturated carbocycles. The fourth-order valence-electron chi connectivity index (χ4n) is 2.48. The molecule has 104 valence electrons. The monoisotopic (exact) mass is 270 g/mol. The van der Waals surface area contributed by atoms with E-state index >= 15 is 0 Å². The number of hydrogen-bond acceptors (Lipinski definition) is 3. The van der Waals surface area contributed by atoms with E-state index in [4.69, 9.17) is 5.73 Å². The Hall–Kier alpha value is -2.14. The number of carbonyl (C=O) groups excluding carboxylic acids is 1. The topological polar surface area (TPSA) is 72.9 Å². The quantitative estimate of drug-likeness (QED) is 0.893. The number of nitrogens with one attached hydrogen (secondary N) is 1. The van der Waals surface area contributed by atoms with Crippen LogP contribution in [-0.2, 0) is 4.79 Å². The van der Waals surface area contributed by atoms with E-state index in [0.29, 0.717) is 6.42 Å². The molecule has 1 aromatic heterocycles. The highest BCUT2D eigenvalue weighted by atomic mass is 16.1. The zero-order valence-electron chi connectivity index (χ0n) is 11.2. The molecule has 0 unspecified atom stereocenters. The average Bonchev–Trinajstić information content (AvgIpc) is 2.91. The van der Waals surface area contributed by atoms with E-state index in [-0.39, 0.29) is 11.4 Å². The van der Waals surface area contributed by atoms with Gasteiger partial charge < -0.3 is 11.1 Å². The molecule has 1 aliphatic carbocycles. The molecule has 1 fully saturated rings. The summed E-state index contributed by atoms with van der Waals surface area (Å²) >= 11 is 0. The van der Waals surface area contributed by atoms with Crippen molar-refractivity contribution in [3.8, 4) is 5.69 Å². The fraction of sp³-hybridized carbons (Fsp3) is 0.333. The van der Waals surface area contributed by atoms with Gasteiger partial charge in [-0.2, -0.15) is 5.10 Å². The van der Waals surface area contributed by atoms with E-state index in [2.05, 4.69) is 10.4 Å². The van der Waals surface area contributed by atoms with E-state index in [0.717, 1.165) is 30.6 Å². The molecule has 0 atom stereocenters. The number of benzene rings is 1. The van der Waals surface area contributed by atoms with Crippen molar-refractivity contribution in [2.24, 2.45) is 5.73 Å². The number of rotatable bonds is 4. The second kappa shape index (κ2) is 5.09. The van der Waals surface area contributed by atoms with Crippen molar-refractivity contribution in [3.05, 3.63) is 42.7 Å². The number of anilines is 1. The van der Waals surface area contributed by atoms with Crippen LogP contribution in [0.25, 0.3) is 5.69 Å². The number of carbonyl (C=O) groups is 1. The molecule has 5 nitrogen and oxygen atoms in total. The number of nitrogens with zero attached hydrogens (tertiary/aromatic N) is 2. The van der Waals surface area contributed by atoms with Gasteiger partial charge in [0, 0.05) is 30.0 Å². The summed E-state index contributed by atoms with van der Waals surface area (Å²) in [4.78, 5) is 12.0. The molecule has 0 aliphatic heterocycles. The highest BCUT2D eigenvalue weighted by Gasteiger charge is 2.34. The molecular formula is C15H18N4O. The lowest BCUT2D eigenvalue weighted by Crippen LogP contribution is -2.48. The van der Waals surface area contributed by atoms with Crippen molar-refractivity contribution >= 4 is 11.6 Å². The molecule has 2 aromatic rings. The first-order valence-electron chi connectivity index (χ1n) is 6.84. The smallest absolute Gasteiger partial charge is 0.226 e. The second-order valence-corrected chi connectivity index (χ2v) is 5.44. The Bertz CT molecular complexity index is 602. The van der Waals surface area contributed by atoms with Gasteiger partial charge in [-0.1, -0.05) is 6.07 Å². The number of aromatic nitrogens is 2. The van der Waals surface area contributed by atoms with Crippen LogP contribution in [0.4, 0.5) is 5.69 Å². The fourth-order valence-corrected chi connectivity index (χ4v) is 2.48. The maximum Gasteiger partial charge on any atom is 0.226 e. The number of amides is 1. The third-order valence-electron chi connectivity index (χ3n) is 3.76. The minimum atomic E-state index is -0.288. The summed E-state index contributed by atoms with van der Waals surface area (Å²) in [7, 11) is 0. The maximum absolute atomic E-state index is 12.0. The third-order valence-corrected chi connectivity index (χ3v) is 3.76. The number of hydrogen-bond donors (Lipinski definition) is 2. The van der Waals surface area contributed by atoms with Gasteiger partial charge in [0.2, 0.25) is 5.91 Å². The Morgan fingerprint density at radius 3 is 2.90 bits per heavy atom. The molecular weight excluding hydrogens is 252 g/mol. The van der Waals surface area contributed by atoms with Crippen LogP contribution < -0.4 is 11.1 Å². The van der Waals surface area contributed by atoms with Crippen molar-refractivity contribution < 1.29 is 4.79 Å². The molecule has 0 saturated heterocycles. The largest absolute Gasteiger partial charge is 0.326 e. The van der Waals surface area contributed by atoms with Crippen LogP contribution in [0.3, 0.4) is 0 Å². The van der Waals surface area contributed by atoms with Crippen LogP contribution >= 0.6 is 0 Å². The molecule has 1 aromatic carbocycles. The highest BCUT2D eigenvalue weighted by Crippen LogP contribution is 2.32. The standard InChI is InChI=1S/C15H18N4O/c16-15(6-2-7-15)11-14(20)18-12-4-1-5-13(10-12)19-9-3-8-17-19/h1,3-5,8-10H,2,6-7,11,16H2,(H,18,20). The Morgan fingerprint density at radius 2 is 2.25 bits per heavy atom. The normalized spacial score (nSPS) is 16.4. The van der Waals surface area contributed by atoms with Gasteiger partial charge in [-0.15, -0.1) is 0 Å². The van der Waals surface area contributed by atoms with Gasteiger partial charge >= 0.3 is 0 Å². The van der Waals surface area contributed by atoms with E-state index in [1.54, 1.807) is 10.9 Å². The average molecular weight is 270 g/mol. The Balaban J connectivity index is 1.68. The molecule has 1 heterocycles. The lowest BCUT2D eigenvalue weighted by molar-refractivity contribution is -0.118. The van der Waals surface area contributed by atoms with Gasteiger partial charge in [-0.25, -0.2) is 4.68 Å². The van der Waals surface area contributed by atoms with Crippen molar-refractivity contribution in [1.82, 2.24) is 9.78 Å². The minimum absolute atomic E-state index is 0.0233. The van der Waals surface area contributed by atoms with Crippen LogP contribution in [0.5, 0.6) is 0 Å². The Morgan fingerprint density at radius 1 is 1.40 bits per heavy atom. The molecule has 3 N–H and O–H groups in total. The lowest BCUT2D eigenvalue weighted by atomic mass is 9.75. The highest BCUT2D eigenvalue weighted by molar-refractivity contribution is 5.91. The first-order valence-corrected chi connectivity index (χ1v) is 6.84. The molecule has 3 rings (SSSR count). The number of nitrogens with two attached hydrogens (primary N) is 1.